The minimum atomic E-state index is -0.00859. The number of hydrogen-bond donors (Lipinski definition) is 2. The normalized spacial score (nSPS) is 14.8. The van der Waals surface area contributed by atoms with Crippen LogP contribution >= 0.6 is 0 Å². The number of benzene rings is 3. The van der Waals surface area contributed by atoms with E-state index in [0.29, 0.717) is 5.82 Å². The smallest absolute Gasteiger partial charge is 0.326 e. The van der Waals surface area contributed by atoms with Crippen molar-refractivity contribution in [2.24, 2.45) is 7.05 Å². The molecule has 1 aliphatic heterocycles. The van der Waals surface area contributed by atoms with Gasteiger partial charge in [0.1, 0.15) is 0 Å². The van der Waals surface area contributed by atoms with E-state index in [0.717, 1.165) is 76.9 Å². The van der Waals surface area contributed by atoms with E-state index < -0.39 is 0 Å². The summed E-state index contributed by atoms with van der Waals surface area (Å²) in [6, 6.07) is 29.3. The van der Waals surface area contributed by atoms with Crippen LogP contribution < -0.4 is 11.4 Å². The van der Waals surface area contributed by atoms with Gasteiger partial charge in [0.2, 0.25) is 0 Å². The number of anilines is 1. The average Bonchev–Trinajstić information content (AvgIpc) is 3.47. The first-order chi connectivity index (χ1) is 19.5. The Morgan fingerprint density at radius 1 is 0.925 bits per heavy atom. The first kappa shape index (κ1) is 24.4. The number of nitrogens with one attached hydrogen (secondary N) is 1. The molecule has 0 bridgehead atoms. The molecule has 0 unspecified atom stereocenters. The van der Waals surface area contributed by atoms with E-state index in [-0.39, 0.29) is 11.7 Å². The van der Waals surface area contributed by atoms with Gasteiger partial charge in [0.25, 0.3) is 0 Å². The molecule has 40 heavy (non-hydrogen) atoms. The van der Waals surface area contributed by atoms with Crippen LogP contribution in [0.5, 0.6) is 0 Å². The van der Waals surface area contributed by atoms with Gasteiger partial charge in [-0.05, 0) is 42.2 Å². The molecule has 3 aromatic carbocycles. The summed E-state index contributed by atoms with van der Waals surface area (Å²) in [5.41, 5.74) is 14.2. The lowest BCUT2D eigenvalue weighted by Crippen LogP contribution is -2.36. The Kier molecular flexibility index (Phi) is 5.97. The third-order valence-electron chi connectivity index (χ3n) is 8.11. The number of hydrogen-bond acceptors (Lipinski definition) is 5. The second kappa shape index (κ2) is 9.81. The molecular formula is C32H31N7O. The van der Waals surface area contributed by atoms with Crippen molar-refractivity contribution >= 4 is 27.9 Å². The van der Waals surface area contributed by atoms with Crippen molar-refractivity contribution in [2.45, 2.75) is 25.4 Å². The zero-order valence-electron chi connectivity index (χ0n) is 22.4. The van der Waals surface area contributed by atoms with E-state index >= 15 is 0 Å². The third-order valence-corrected chi connectivity index (χ3v) is 8.11. The molecule has 4 heterocycles. The highest BCUT2D eigenvalue weighted by Gasteiger charge is 2.24. The van der Waals surface area contributed by atoms with Gasteiger partial charge in [0.05, 0.1) is 22.1 Å². The van der Waals surface area contributed by atoms with Gasteiger partial charge in [0, 0.05) is 43.9 Å². The Morgan fingerprint density at radius 2 is 1.65 bits per heavy atom. The summed E-state index contributed by atoms with van der Waals surface area (Å²) in [6.45, 7) is 2.79. The molecule has 0 atom stereocenters. The zero-order valence-corrected chi connectivity index (χ0v) is 22.4. The fraction of sp³-hybridized carbons (Fsp3) is 0.219. The van der Waals surface area contributed by atoms with E-state index in [1.807, 2.05) is 54.1 Å². The predicted octanol–water partition coefficient (Wildman–Crippen LogP) is 5.36. The minimum Gasteiger partial charge on any atom is -0.382 e. The van der Waals surface area contributed by atoms with Gasteiger partial charge < -0.3 is 10.7 Å². The second-order valence-corrected chi connectivity index (χ2v) is 10.7. The van der Waals surface area contributed by atoms with Gasteiger partial charge in [-0.2, -0.15) is 5.10 Å². The minimum absolute atomic E-state index is 0.00859. The monoisotopic (exact) mass is 529 g/mol. The third kappa shape index (κ3) is 4.26. The molecule has 1 saturated heterocycles. The quantitative estimate of drug-likeness (QED) is 0.313. The van der Waals surface area contributed by atoms with Crippen LogP contribution in [0.2, 0.25) is 0 Å². The number of imidazole rings is 1. The van der Waals surface area contributed by atoms with Crippen LogP contribution in [0.4, 0.5) is 5.82 Å². The van der Waals surface area contributed by atoms with Crippen molar-refractivity contribution in [3.05, 3.63) is 101 Å². The summed E-state index contributed by atoms with van der Waals surface area (Å²) in [5, 5.41) is 5.25. The lowest BCUT2D eigenvalue weighted by Gasteiger charge is -2.32. The largest absolute Gasteiger partial charge is 0.382 e. The van der Waals surface area contributed by atoms with Gasteiger partial charge in [-0.3, -0.25) is 9.47 Å². The van der Waals surface area contributed by atoms with Crippen molar-refractivity contribution in [1.82, 2.24) is 29.2 Å². The topological polar surface area (TPSA) is 97.8 Å². The molecule has 0 radical (unpaired) electrons. The van der Waals surface area contributed by atoms with Crippen molar-refractivity contribution < 1.29 is 0 Å². The summed E-state index contributed by atoms with van der Waals surface area (Å²) in [4.78, 5) is 23.1. The van der Waals surface area contributed by atoms with Crippen molar-refractivity contribution in [2.75, 3.05) is 18.8 Å². The van der Waals surface area contributed by atoms with Crippen molar-refractivity contribution in [3.63, 3.8) is 0 Å². The fourth-order valence-corrected chi connectivity index (χ4v) is 6.06. The maximum Gasteiger partial charge on any atom is 0.326 e. The number of likely N-dealkylation sites (tertiary alicyclic amines) is 1. The van der Waals surface area contributed by atoms with Gasteiger partial charge >= 0.3 is 5.69 Å². The Labute approximate surface area is 231 Å². The van der Waals surface area contributed by atoms with Gasteiger partial charge in [-0.1, -0.05) is 66.7 Å². The molecule has 3 N–H and O–H groups in total. The second-order valence-electron chi connectivity index (χ2n) is 10.7. The van der Waals surface area contributed by atoms with Crippen LogP contribution in [0.1, 0.15) is 24.4 Å². The SMILES string of the molecule is Cn1nc(N)c2cc(-c3ccccc3)c(-c3ccc(CN4CCC(n5c(=O)[nH]c6ccccc65)CC4)cc3)nc21. The molecule has 0 amide bonds. The first-order valence-electron chi connectivity index (χ1n) is 13.7. The number of para-hydroxylation sites is 2. The molecule has 8 nitrogen and oxygen atoms in total. The molecule has 3 aromatic heterocycles. The zero-order chi connectivity index (χ0) is 27.2. The maximum atomic E-state index is 12.6. The Bertz CT molecular complexity index is 1870. The molecule has 0 saturated carbocycles. The number of nitrogen functional groups attached to an aromatic ring is 1. The first-order valence-corrected chi connectivity index (χ1v) is 13.7. The fourth-order valence-electron chi connectivity index (χ4n) is 6.06. The Morgan fingerprint density at radius 3 is 2.42 bits per heavy atom. The molecule has 6 aromatic rings. The Hall–Kier alpha value is -4.69. The lowest BCUT2D eigenvalue weighted by atomic mass is 9.97. The molecule has 1 aliphatic rings. The standard InChI is InChI=1S/C32H31N7O/c1-37-31-26(30(33)36-37)19-25(22-7-3-2-4-8-22)29(35-31)23-13-11-21(12-14-23)20-38-17-15-24(16-18-38)39-28-10-6-5-9-27(28)34-32(39)40/h2-14,19,24H,15-18,20H2,1H3,(H2,33,36)(H,34,40). The van der Waals surface area contributed by atoms with Gasteiger partial charge in [-0.15, -0.1) is 0 Å². The highest BCUT2D eigenvalue weighted by atomic mass is 16.1. The maximum absolute atomic E-state index is 12.6. The molecule has 7 rings (SSSR count). The summed E-state index contributed by atoms with van der Waals surface area (Å²) >= 11 is 0. The van der Waals surface area contributed by atoms with Crippen molar-refractivity contribution in [3.8, 4) is 22.4 Å². The molecule has 1 fully saturated rings. The van der Waals surface area contributed by atoms with Crippen LogP contribution in [0.15, 0.2) is 89.7 Å². The number of nitrogens with zero attached hydrogens (tertiary/aromatic N) is 5. The summed E-state index contributed by atoms with van der Waals surface area (Å²) in [6.07, 6.45) is 1.91. The van der Waals surface area contributed by atoms with Crippen LogP contribution in [0.3, 0.4) is 0 Å². The highest BCUT2D eigenvalue weighted by Crippen LogP contribution is 2.35. The summed E-state index contributed by atoms with van der Waals surface area (Å²) < 4.78 is 3.69. The van der Waals surface area contributed by atoms with Crippen LogP contribution in [0.25, 0.3) is 44.5 Å². The molecule has 8 heteroatoms. The lowest BCUT2D eigenvalue weighted by molar-refractivity contribution is 0.180. The number of fused-ring (bicyclic) bond motifs is 2. The van der Waals surface area contributed by atoms with Crippen LogP contribution in [0, 0.1) is 0 Å². The molecule has 0 aliphatic carbocycles. The number of nitrogens with two attached hydrogens (primary N) is 1. The van der Waals surface area contributed by atoms with E-state index in [1.54, 1.807) is 4.68 Å². The number of aromatic nitrogens is 5. The predicted molar refractivity (Wildman–Crippen MR) is 160 cm³/mol. The average molecular weight is 530 g/mol. The number of piperidine rings is 1. The Balaban J connectivity index is 1.11. The van der Waals surface area contributed by atoms with E-state index in [4.69, 9.17) is 10.7 Å². The van der Waals surface area contributed by atoms with Gasteiger partial charge in [-0.25, -0.2) is 14.5 Å². The van der Waals surface area contributed by atoms with Crippen LogP contribution in [-0.4, -0.2) is 42.3 Å². The molecule has 200 valence electrons. The van der Waals surface area contributed by atoms with E-state index in [2.05, 4.69) is 57.4 Å². The summed E-state index contributed by atoms with van der Waals surface area (Å²) in [5.74, 6) is 0.488. The number of aryl methyl sites for hydroxylation is 1. The van der Waals surface area contributed by atoms with E-state index in [9.17, 15) is 4.79 Å². The molecular weight excluding hydrogens is 498 g/mol. The number of pyridine rings is 1. The number of rotatable bonds is 5. The van der Waals surface area contributed by atoms with Crippen LogP contribution in [-0.2, 0) is 13.6 Å². The number of aromatic amines is 1. The van der Waals surface area contributed by atoms with E-state index in [1.165, 1.54) is 5.56 Å². The number of H-pyrrole nitrogens is 1. The molecule has 0 spiro atoms. The van der Waals surface area contributed by atoms with Gasteiger partial charge in [0.15, 0.2) is 11.5 Å². The van der Waals surface area contributed by atoms with Crippen molar-refractivity contribution in [1.29, 1.82) is 0 Å². The highest BCUT2D eigenvalue weighted by molar-refractivity contribution is 5.95. The summed E-state index contributed by atoms with van der Waals surface area (Å²) in [7, 11) is 1.87.